The highest BCUT2D eigenvalue weighted by molar-refractivity contribution is 5.80. The topological polar surface area (TPSA) is 77.0 Å². The summed E-state index contributed by atoms with van der Waals surface area (Å²) in [6.07, 6.45) is 4.30. The van der Waals surface area contributed by atoms with Crippen molar-refractivity contribution in [3.63, 3.8) is 0 Å². The number of nitrogens with zero attached hydrogens (tertiary/aromatic N) is 3. The predicted octanol–water partition coefficient (Wildman–Crippen LogP) is 1.73. The molecule has 2 heterocycles. The molecule has 3 rings (SSSR count). The number of carbonyl (C=O) groups excluding carboxylic acids is 2. The minimum absolute atomic E-state index is 0.128. The lowest BCUT2D eigenvalue weighted by Crippen LogP contribution is -2.45. The minimum atomic E-state index is 0.128. The average Bonchev–Trinajstić information content (AvgIpc) is 3.15. The van der Waals surface area contributed by atoms with Gasteiger partial charge in [0.2, 0.25) is 11.8 Å². The highest BCUT2D eigenvalue weighted by Gasteiger charge is 2.23. The number of carbonyl (C=O) groups is 2. The second-order valence-corrected chi connectivity index (χ2v) is 7.94. The monoisotopic (exact) mass is 399 g/mol. The molecule has 0 radical (unpaired) electrons. The number of rotatable bonds is 6. The van der Waals surface area contributed by atoms with Crippen LogP contribution in [0.5, 0.6) is 0 Å². The van der Waals surface area contributed by atoms with Crippen molar-refractivity contribution < 1.29 is 9.59 Å². The summed E-state index contributed by atoms with van der Waals surface area (Å²) in [5.74, 6) is 1.76. The minimum Gasteiger partial charge on any atom is -0.359 e. The molecule has 2 N–H and O–H groups in total. The molecular formula is C22H33N5O2. The van der Waals surface area contributed by atoms with Crippen LogP contribution in [0.2, 0.25) is 0 Å². The number of guanidine groups is 1. The third-order valence-electron chi connectivity index (χ3n) is 5.90. The van der Waals surface area contributed by atoms with Crippen molar-refractivity contribution in [2.75, 3.05) is 33.7 Å². The van der Waals surface area contributed by atoms with Gasteiger partial charge in [-0.2, -0.15) is 0 Å². The first-order valence-electron chi connectivity index (χ1n) is 10.6. The molecule has 0 unspecified atom stereocenters. The molecule has 2 aliphatic heterocycles. The van der Waals surface area contributed by atoms with Gasteiger partial charge in [0.05, 0.1) is 0 Å². The Kier molecular flexibility index (Phi) is 7.49. The second-order valence-electron chi connectivity index (χ2n) is 7.94. The molecule has 158 valence electrons. The van der Waals surface area contributed by atoms with Gasteiger partial charge in [0, 0.05) is 59.7 Å². The summed E-state index contributed by atoms with van der Waals surface area (Å²) < 4.78 is 0. The highest BCUT2D eigenvalue weighted by Crippen LogP contribution is 2.20. The number of nitrogens with one attached hydrogen (secondary N) is 2. The van der Waals surface area contributed by atoms with Gasteiger partial charge in [-0.15, -0.1) is 0 Å². The van der Waals surface area contributed by atoms with Gasteiger partial charge in [-0.3, -0.25) is 14.6 Å². The van der Waals surface area contributed by atoms with Crippen molar-refractivity contribution >= 4 is 17.8 Å². The molecule has 2 saturated heterocycles. The Balaban J connectivity index is 1.45. The van der Waals surface area contributed by atoms with E-state index in [2.05, 4.69) is 44.8 Å². The summed E-state index contributed by atoms with van der Waals surface area (Å²) in [4.78, 5) is 32.0. The van der Waals surface area contributed by atoms with Gasteiger partial charge in [-0.1, -0.05) is 24.3 Å². The van der Waals surface area contributed by atoms with Crippen LogP contribution in [-0.2, 0) is 22.7 Å². The zero-order valence-electron chi connectivity index (χ0n) is 17.6. The normalized spacial score (nSPS) is 18.3. The summed E-state index contributed by atoms with van der Waals surface area (Å²) in [6.45, 7) is 4.14. The molecule has 29 heavy (non-hydrogen) atoms. The van der Waals surface area contributed by atoms with E-state index in [0.29, 0.717) is 31.8 Å². The quantitative estimate of drug-likeness (QED) is 0.564. The van der Waals surface area contributed by atoms with E-state index in [0.717, 1.165) is 44.9 Å². The summed E-state index contributed by atoms with van der Waals surface area (Å²) in [7, 11) is 3.51. The Bertz CT molecular complexity index is 723. The summed E-state index contributed by atoms with van der Waals surface area (Å²) in [5, 5.41) is 6.17. The van der Waals surface area contributed by atoms with E-state index in [1.54, 1.807) is 7.05 Å². The van der Waals surface area contributed by atoms with E-state index in [1.807, 2.05) is 11.9 Å². The third kappa shape index (κ3) is 5.95. The number of hydrogen-bond donors (Lipinski definition) is 2. The van der Waals surface area contributed by atoms with Gasteiger partial charge in [0.15, 0.2) is 5.96 Å². The van der Waals surface area contributed by atoms with Crippen LogP contribution < -0.4 is 10.6 Å². The number of amides is 2. The lowest BCUT2D eigenvalue weighted by atomic mass is 9.93. The first-order chi connectivity index (χ1) is 14.1. The molecular weight excluding hydrogens is 366 g/mol. The first-order valence-corrected chi connectivity index (χ1v) is 10.6. The first kappa shape index (κ1) is 21.1. The van der Waals surface area contributed by atoms with Crippen LogP contribution in [0.15, 0.2) is 29.3 Å². The largest absolute Gasteiger partial charge is 0.359 e. The van der Waals surface area contributed by atoms with E-state index in [9.17, 15) is 9.59 Å². The van der Waals surface area contributed by atoms with Crippen LogP contribution in [0.3, 0.4) is 0 Å². The fourth-order valence-corrected chi connectivity index (χ4v) is 4.08. The molecule has 0 aromatic heterocycles. The maximum absolute atomic E-state index is 11.8. The molecule has 0 bridgehead atoms. The van der Waals surface area contributed by atoms with E-state index in [1.165, 1.54) is 11.1 Å². The maximum atomic E-state index is 11.8. The molecule has 2 amide bonds. The van der Waals surface area contributed by atoms with Crippen LogP contribution in [-0.4, -0.2) is 61.3 Å². The molecule has 0 spiro atoms. The fourth-order valence-electron chi connectivity index (χ4n) is 4.08. The van der Waals surface area contributed by atoms with Crippen LogP contribution in [0.1, 0.15) is 43.2 Å². The van der Waals surface area contributed by atoms with E-state index >= 15 is 0 Å². The summed E-state index contributed by atoms with van der Waals surface area (Å²) in [6, 6.07) is 8.45. The van der Waals surface area contributed by atoms with Crippen LogP contribution in [0.25, 0.3) is 0 Å². The van der Waals surface area contributed by atoms with Crippen LogP contribution >= 0.6 is 0 Å². The van der Waals surface area contributed by atoms with Crippen molar-refractivity contribution in [3.05, 3.63) is 35.4 Å². The lowest BCUT2D eigenvalue weighted by Gasteiger charge is -2.34. The molecule has 2 aliphatic rings. The molecule has 0 atom stereocenters. The Labute approximate surface area is 173 Å². The molecule has 0 aliphatic carbocycles. The summed E-state index contributed by atoms with van der Waals surface area (Å²) >= 11 is 0. The van der Waals surface area contributed by atoms with Gasteiger partial charge in [-0.05, 0) is 36.3 Å². The SMILES string of the molecule is CN=C(NCc1ccc(CN2CCCC2=O)cc1)N1CCC(CC(=O)NC)CC1. The van der Waals surface area contributed by atoms with Crippen molar-refractivity contribution in [1.29, 1.82) is 0 Å². The molecule has 2 fully saturated rings. The second kappa shape index (κ2) is 10.3. The van der Waals surface area contributed by atoms with Gasteiger partial charge < -0.3 is 20.4 Å². The summed E-state index contributed by atoms with van der Waals surface area (Å²) in [5.41, 5.74) is 2.36. The highest BCUT2D eigenvalue weighted by atomic mass is 16.2. The van der Waals surface area contributed by atoms with Gasteiger partial charge in [0.25, 0.3) is 0 Å². The predicted molar refractivity (Wildman–Crippen MR) is 114 cm³/mol. The number of likely N-dealkylation sites (tertiary alicyclic amines) is 2. The van der Waals surface area contributed by atoms with Gasteiger partial charge >= 0.3 is 0 Å². The van der Waals surface area contributed by atoms with Crippen molar-refractivity contribution in [3.8, 4) is 0 Å². The number of hydrogen-bond acceptors (Lipinski definition) is 3. The van der Waals surface area contributed by atoms with Crippen molar-refractivity contribution in [2.45, 2.75) is 45.2 Å². The van der Waals surface area contributed by atoms with Gasteiger partial charge in [-0.25, -0.2) is 0 Å². The van der Waals surface area contributed by atoms with Crippen molar-refractivity contribution in [2.24, 2.45) is 10.9 Å². The Morgan fingerprint density at radius 2 is 1.83 bits per heavy atom. The van der Waals surface area contributed by atoms with E-state index in [-0.39, 0.29) is 11.8 Å². The Hall–Kier alpha value is -2.57. The number of benzene rings is 1. The smallest absolute Gasteiger partial charge is 0.222 e. The average molecular weight is 400 g/mol. The van der Waals surface area contributed by atoms with Crippen LogP contribution in [0.4, 0.5) is 0 Å². The van der Waals surface area contributed by atoms with E-state index in [4.69, 9.17) is 0 Å². The molecule has 7 heteroatoms. The third-order valence-corrected chi connectivity index (χ3v) is 5.90. The molecule has 7 nitrogen and oxygen atoms in total. The fraction of sp³-hybridized carbons (Fsp3) is 0.591. The maximum Gasteiger partial charge on any atom is 0.222 e. The molecule has 0 saturated carbocycles. The standard InChI is InChI=1S/C22H33N5O2/c1-23-20(28)14-17-9-12-26(13-10-17)22(24-2)25-15-18-5-7-19(8-6-18)16-27-11-3-4-21(27)29/h5-8,17H,3-4,9-16H2,1-2H3,(H,23,28)(H,24,25). The zero-order chi connectivity index (χ0) is 20.6. The molecule has 1 aromatic rings. The van der Waals surface area contributed by atoms with Crippen LogP contribution in [0, 0.1) is 5.92 Å². The Morgan fingerprint density at radius 3 is 2.41 bits per heavy atom. The van der Waals surface area contributed by atoms with E-state index < -0.39 is 0 Å². The zero-order valence-corrected chi connectivity index (χ0v) is 17.6. The number of piperidine rings is 1. The van der Waals surface area contributed by atoms with Gasteiger partial charge in [0.1, 0.15) is 0 Å². The number of aliphatic imine (C=N–C) groups is 1. The Morgan fingerprint density at radius 1 is 1.14 bits per heavy atom. The van der Waals surface area contributed by atoms with Crippen molar-refractivity contribution in [1.82, 2.24) is 20.4 Å². The molecule has 1 aromatic carbocycles. The lowest BCUT2D eigenvalue weighted by molar-refractivity contribution is -0.128.